The van der Waals surface area contributed by atoms with E-state index in [-0.39, 0.29) is 5.91 Å². The molecule has 5 nitrogen and oxygen atoms in total. The molecule has 2 heterocycles. The summed E-state index contributed by atoms with van der Waals surface area (Å²) in [4.78, 5) is 18.3. The molecule has 1 aliphatic rings. The first-order valence-electron chi connectivity index (χ1n) is 7.40. The standard InChI is InChI=1S/C15H24N4O/c1-3-17-15(20)14-11-13(7-10-18-14)19(2)12-5-4-8-16-9-6-12/h7,10-12,16H,3-6,8-9H2,1-2H3,(H,17,20). The van der Waals surface area contributed by atoms with Crippen LogP contribution in [0.2, 0.25) is 0 Å². The molecular weight excluding hydrogens is 252 g/mol. The van der Waals surface area contributed by atoms with Gasteiger partial charge in [-0.15, -0.1) is 0 Å². The van der Waals surface area contributed by atoms with Crippen molar-refractivity contribution in [2.24, 2.45) is 0 Å². The quantitative estimate of drug-likeness (QED) is 0.873. The number of hydrogen-bond donors (Lipinski definition) is 2. The molecule has 110 valence electrons. The summed E-state index contributed by atoms with van der Waals surface area (Å²) in [5.74, 6) is -0.106. The molecule has 1 aromatic rings. The molecule has 0 bridgehead atoms. The average molecular weight is 276 g/mol. The number of pyridine rings is 1. The van der Waals surface area contributed by atoms with Crippen LogP contribution in [0.1, 0.15) is 36.7 Å². The van der Waals surface area contributed by atoms with Gasteiger partial charge in [0.15, 0.2) is 0 Å². The normalized spacial score (nSPS) is 19.2. The molecule has 1 amide bonds. The molecule has 0 aromatic carbocycles. The second-order valence-electron chi connectivity index (χ2n) is 5.20. The maximum Gasteiger partial charge on any atom is 0.269 e. The number of hydrogen-bond acceptors (Lipinski definition) is 4. The summed E-state index contributed by atoms with van der Waals surface area (Å²) in [6.07, 6.45) is 5.23. The highest BCUT2D eigenvalue weighted by Gasteiger charge is 2.18. The SMILES string of the molecule is CCNC(=O)c1cc(N(C)C2CCCNCC2)ccn1. The topological polar surface area (TPSA) is 57.3 Å². The zero-order chi connectivity index (χ0) is 14.4. The first-order chi connectivity index (χ1) is 9.72. The monoisotopic (exact) mass is 276 g/mol. The summed E-state index contributed by atoms with van der Waals surface area (Å²) in [5.41, 5.74) is 1.55. The van der Waals surface area contributed by atoms with E-state index in [2.05, 4.69) is 27.6 Å². The summed E-state index contributed by atoms with van der Waals surface area (Å²) in [6.45, 7) is 4.69. The molecule has 1 unspecified atom stereocenters. The lowest BCUT2D eigenvalue weighted by molar-refractivity contribution is 0.0951. The fraction of sp³-hybridized carbons (Fsp3) is 0.600. The highest BCUT2D eigenvalue weighted by Crippen LogP contribution is 2.20. The molecule has 1 atom stereocenters. The van der Waals surface area contributed by atoms with Gasteiger partial charge < -0.3 is 15.5 Å². The molecule has 0 saturated carbocycles. The Morgan fingerprint density at radius 3 is 3.15 bits per heavy atom. The maximum atomic E-state index is 11.8. The van der Waals surface area contributed by atoms with E-state index in [1.54, 1.807) is 6.20 Å². The summed E-state index contributed by atoms with van der Waals surface area (Å²) in [5, 5.41) is 6.21. The van der Waals surface area contributed by atoms with E-state index < -0.39 is 0 Å². The number of nitrogens with one attached hydrogen (secondary N) is 2. The minimum Gasteiger partial charge on any atom is -0.371 e. The van der Waals surface area contributed by atoms with Gasteiger partial charge in [0.1, 0.15) is 5.69 Å². The van der Waals surface area contributed by atoms with Gasteiger partial charge in [-0.25, -0.2) is 0 Å². The predicted molar refractivity (Wildman–Crippen MR) is 81.2 cm³/mol. The molecule has 2 N–H and O–H groups in total. The van der Waals surface area contributed by atoms with E-state index in [1.165, 1.54) is 12.8 Å². The van der Waals surface area contributed by atoms with Crippen LogP contribution in [-0.4, -0.2) is 43.6 Å². The van der Waals surface area contributed by atoms with Crippen LogP contribution in [0.3, 0.4) is 0 Å². The van der Waals surface area contributed by atoms with Crippen LogP contribution < -0.4 is 15.5 Å². The third-order valence-corrected chi connectivity index (χ3v) is 3.81. The molecule has 1 aliphatic heterocycles. The number of anilines is 1. The first-order valence-corrected chi connectivity index (χ1v) is 7.40. The number of amides is 1. The van der Waals surface area contributed by atoms with Crippen molar-refractivity contribution in [3.05, 3.63) is 24.0 Å². The van der Waals surface area contributed by atoms with E-state index in [0.717, 1.165) is 25.2 Å². The van der Waals surface area contributed by atoms with Crippen LogP contribution in [0.25, 0.3) is 0 Å². The fourth-order valence-electron chi connectivity index (χ4n) is 2.61. The Morgan fingerprint density at radius 2 is 2.35 bits per heavy atom. The van der Waals surface area contributed by atoms with E-state index in [1.807, 2.05) is 19.1 Å². The van der Waals surface area contributed by atoms with Crippen molar-refractivity contribution >= 4 is 11.6 Å². The second-order valence-corrected chi connectivity index (χ2v) is 5.20. The zero-order valence-corrected chi connectivity index (χ0v) is 12.4. The Kier molecular flexibility index (Phi) is 5.35. The maximum absolute atomic E-state index is 11.8. The van der Waals surface area contributed by atoms with Crippen molar-refractivity contribution in [1.29, 1.82) is 0 Å². The Hall–Kier alpha value is -1.62. The minimum absolute atomic E-state index is 0.106. The van der Waals surface area contributed by atoms with E-state index in [4.69, 9.17) is 0 Å². The van der Waals surface area contributed by atoms with Crippen molar-refractivity contribution in [3.63, 3.8) is 0 Å². The Morgan fingerprint density at radius 1 is 1.50 bits per heavy atom. The zero-order valence-electron chi connectivity index (χ0n) is 12.4. The van der Waals surface area contributed by atoms with E-state index in [0.29, 0.717) is 18.3 Å². The minimum atomic E-state index is -0.106. The second kappa shape index (κ2) is 7.24. The highest BCUT2D eigenvalue weighted by molar-refractivity contribution is 5.93. The molecule has 0 aliphatic carbocycles. The Labute approximate surface area is 120 Å². The number of carbonyl (C=O) groups excluding carboxylic acids is 1. The number of nitrogens with zero attached hydrogens (tertiary/aromatic N) is 2. The van der Waals surface area contributed by atoms with Gasteiger partial charge in [0.05, 0.1) is 0 Å². The lowest BCUT2D eigenvalue weighted by Gasteiger charge is -2.29. The smallest absolute Gasteiger partial charge is 0.269 e. The van der Waals surface area contributed by atoms with Gasteiger partial charge in [0.2, 0.25) is 0 Å². The van der Waals surface area contributed by atoms with Crippen LogP contribution in [0.4, 0.5) is 5.69 Å². The van der Waals surface area contributed by atoms with Crippen LogP contribution in [0.5, 0.6) is 0 Å². The molecule has 1 fully saturated rings. The number of carbonyl (C=O) groups is 1. The fourth-order valence-corrected chi connectivity index (χ4v) is 2.61. The number of rotatable bonds is 4. The first kappa shape index (κ1) is 14.8. The molecule has 0 radical (unpaired) electrons. The molecular formula is C15H24N4O. The van der Waals surface area contributed by atoms with Crippen LogP contribution >= 0.6 is 0 Å². The summed E-state index contributed by atoms with van der Waals surface area (Å²) >= 11 is 0. The predicted octanol–water partition coefficient (Wildman–Crippen LogP) is 1.41. The van der Waals surface area contributed by atoms with Gasteiger partial charge >= 0.3 is 0 Å². The van der Waals surface area contributed by atoms with Gasteiger partial charge in [-0.05, 0) is 51.4 Å². The lowest BCUT2D eigenvalue weighted by Crippen LogP contribution is -2.33. The molecule has 1 saturated heterocycles. The van der Waals surface area contributed by atoms with Gasteiger partial charge in [0, 0.05) is 31.5 Å². The van der Waals surface area contributed by atoms with Crippen molar-refractivity contribution in [2.75, 3.05) is 31.6 Å². The molecule has 0 spiro atoms. The summed E-state index contributed by atoms with van der Waals surface area (Å²) in [7, 11) is 2.10. The highest BCUT2D eigenvalue weighted by atomic mass is 16.1. The van der Waals surface area contributed by atoms with Crippen molar-refractivity contribution in [2.45, 2.75) is 32.2 Å². The van der Waals surface area contributed by atoms with Crippen molar-refractivity contribution in [1.82, 2.24) is 15.6 Å². The van der Waals surface area contributed by atoms with Crippen LogP contribution in [-0.2, 0) is 0 Å². The average Bonchev–Trinajstić information content (AvgIpc) is 2.76. The van der Waals surface area contributed by atoms with Crippen molar-refractivity contribution in [3.8, 4) is 0 Å². The third kappa shape index (κ3) is 3.70. The van der Waals surface area contributed by atoms with Gasteiger partial charge in [-0.2, -0.15) is 0 Å². The largest absolute Gasteiger partial charge is 0.371 e. The van der Waals surface area contributed by atoms with Crippen molar-refractivity contribution < 1.29 is 4.79 Å². The molecule has 2 rings (SSSR count). The Bertz CT molecular complexity index is 441. The molecule has 1 aromatic heterocycles. The van der Waals surface area contributed by atoms with Gasteiger partial charge in [0.25, 0.3) is 5.91 Å². The third-order valence-electron chi connectivity index (χ3n) is 3.81. The summed E-state index contributed by atoms with van der Waals surface area (Å²) < 4.78 is 0. The van der Waals surface area contributed by atoms with E-state index >= 15 is 0 Å². The van der Waals surface area contributed by atoms with Crippen LogP contribution in [0.15, 0.2) is 18.3 Å². The molecule has 5 heteroatoms. The van der Waals surface area contributed by atoms with Gasteiger partial charge in [-0.1, -0.05) is 0 Å². The summed E-state index contributed by atoms with van der Waals surface area (Å²) in [6, 6.07) is 4.37. The number of aromatic nitrogens is 1. The van der Waals surface area contributed by atoms with Gasteiger partial charge in [-0.3, -0.25) is 9.78 Å². The van der Waals surface area contributed by atoms with E-state index in [9.17, 15) is 4.79 Å². The Balaban J connectivity index is 2.10. The van der Waals surface area contributed by atoms with Crippen LogP contribution in [0, 0.1) is 0 Å². The molecule has 20 heavy (non-hydrogen) atoms. The lowest BCUT2D eigenvalue weighted by atomic mass is 10.1.